The molecule has 1 aromatic rings. The lowest BCUT2D eigenvalue weighted by atomic mass is 10.2. The van der Waals surface area contributed by atoms with E-state index >= 15 is 0 Å². The van der Waals surface area contributed by atoms with E-state index in [2.05, 4.69) is 4.74 Å². The summed E-state index contributed by atoms with van der Waals surface area (Å²) in [5.74, 6) is -0.639. The van der Waals surface area contributed by atoms with E-state index in [1.807, 2.05) is 0 Å². The van der Waals surface area contributed by atoms with Gasteiger partial charge in [0, 0.05) is 16.8 Å². The van der Waals surface area contributed by atoms with E-state index in [0.29, 0.717) is 5.56 Å². The molecule has 118 valence electrons. The number of ether oxygens (including phenoxy) is 1. The summed E-state index contributed by atoms with van der Waals surface area (Å²) in [5, 5.41) is 0.221. The summed E-state index contributed by atoms with van der Waals surface area (Å²) in [6.07, 6.45) is 0. The van der Waals surface area contributed by atoms with Crippen LogP contribution >= 0.6 is 11.6 Å². The molecule has 0 atom stereocenters. The number of anilines is 1. The number of rotatable bonds is 5. The highest BCUT2D eigenvalue weighted by atomic mass is 35.5. The number of carbonyl (C=O) groups excluding carboxylic acids is 1. The van der Waals surface area contributed by atoms with E-state index in [-0.39, 0.29) is 22.2 Å². The molecular formula is C13H19ClN2O4S. The van der Waals surface area contributed by atoms with Crippen LogP contribution in [0.2, 0.25) is 5.02 Å². The van der Waals surface area contributed by atoms with Gasteiger partial charge < -0.3 is 10.5 Å². The van der Waals surface area contributed by atoms with Crippen molar-refractivity contribution in [2.75, 3.05) is 19.4 Å². The first-order valence-electron chi connectivity index (χ1n) is 6.25. The van der Waals surface area contributed by atoms with Crippen molar-refractivity contribution in [3.63, 3.8) is 0 Å². The van der Waals surface area contributed by atoms with Crippen molar-refractivity contribution in [3.8, 4) is 0 Å². The lowest BCUT2D eigenvalue weighted by molar-refractivity contribution is -0.141. The minimum Gasteiger partial charge on any atom is -0.468 e. The Kier molecular flexibility index (Phi) is 5.61. The number of sulfonamides is 1. The van der Waals surface area contributed by atoms with Gasteiger partial charge in [0.2, 0.25) is 10.0 Å². The standard InChI is InChI=1S/C13H19ClN2O4S/c1-8(2)16(7-13(17)20-4)21(18,19)12-6-10(14)5-11(15)9(12)3/h5-6,8H,7,15H2,1-4H3. The lowest BCUT2D eigenvalue weighted by Crippen LogP contribution is -2.41. The molecule has 0 saturated heterocycles. The van der Waals surface area contributed by atoms with Crippen LogP contribution in [0.5, 0.6) is 0 Å². The monoisotopic (exact) mass is 334 g/mol. The predicted molar refractivity (Wildman–Crippen MR) is 81.6 cm³/mol. The molecule has 0 aliphatic rings. The van der Waals surface area contributed by atoms with Crippen LogP contribution in [0.25, 0.3) is 0 Å². The fourth-order valence-electron chi connectivity index (χ4n) is 1.81. The number of nitrogens with zero attached hydrogens (tertiary/aromatic N) is 1. The van der Waals surface area contributed by atoms with Gasteiger partial charge in [-0.05, 0) is 38.5 Å². The third kappa shape index (κ3) is 3.87. The number of benzene rings is 1. The van der Waals surface area contributed by atoms with Crippen molar-refractivity contribution in [2.24, 2.45) is 0 Å². The van der Waals surface area contributed by atoms with Crippen molar-refractivity contribution < 1.29 is 17.9 Å². The molecule has 0 saturated carbocycles. The summed E-state index contributed by atoms with van der Waals surface area (Å²) in [7, 11) is -2.71. The summed E-state index contributed by atoms with van der Waals surface area (Å²) in [4.78, 5) is 11.4. The molecule has 0 bridgehead atoms. The second-order valence-electron chi connectivity index (χ2n) is 4.84. The minimum absolute atomic E-state index is 0.00916. The summed E-state index contributed by atoms with van der Waals surface area (Å²) >= 11 is 5.89. The summed E-state index contributed by atoms with van der Waals surface area (Å²) in [6, 6.07) is 2.39. The van der Waals surface area contributed by atoms with Crippen molar-refractivity contribution >= 4 is 33.3 Å². The molecule has 0 aliphatic carbocycles. The average Bonchev–Trinajstić information content (AvgIpc) is 2.38. The maximum atomic E-state index is 12.8. The molecule has 0 heterocycles. The number of hydrogen-bond acceptors (Lipinski definition) is 5. The number of esters is 1. The highest BCUT2D eigenvalue weighted by Crippen LogP contribution is 2.29. The third-order valence-corrected chi connectivity index (χ3v) is 5.41. The van der Waals surface area contributed by atoms with Crippen molar-refractivity contribution in [1.82, 2.24) is 4.31 Å². The summed E-state index contributed by atoms with van der Waals surface area (Å²) < 4.78 is 31.1. The average molecular weight is 335 g/mol. The Balaban J connectivity index is 3.40. The zero-order valence-electron chi connectivity index (χ0n) is 12.4. The van der Waals surface area contributed by atoms with Gasteiger partial charge in [0.15, 0.2) is 0 Å². The van der Waals surface area contributed by atoms with E-state index < -0.39 is 22.0 Å². The van der Waals surface area contributed by atoms with E-state index in [1.54, 1.807) is 20.8 Å². The van der Waals surface area contributed by atoms with Crippen LogP contribution in [0.1, 0.15) is 19.4 Å². The van der Waals surface area contributed by atoms with Crippen LogP contribution < -0.4 is 5.73 Å². The molecular weight excluding hydrogens is 316 g/mol. The Bertz CT molecular complexity index is 644. The Morgan fingerprint density at radius 1 is 1.43 bits per heavy atom. The van der Waals surface area contributed by atoms with Gasteiger partial charge in [-0.15, -0.1) is 0 Å². The van der Waals surface area contributed by atoms with E-state index in [1.165, 1.54) is 19.2 Å². The molecule has 6 nitrogen and oxygen atoms in total. The molecule has 0 fully saturated rings. The molecule has 2 N–H and O–H groups in total. The fourth-order valence-corrected chi connectivity index (χ4v) is 3.96. The first kappa shape index (κ1) is 17.7. The number of methoxy groups -OCH3 is 1. The highest BCUT2D eigenvalue weighted by molar-refractivity contribution is 7.89. The molecule has 0 aliphatic heterocycles. The van der Waals surface area contributed by atoms with Gasteiger partial charge >= 0.3 is 5.97 Å². The quantitative estimate of drug-likeness (QED) is 0.655. The second kappa shape index (κ2) is 6.64. The van der Waals surface area contributed by atoms with E-state index in [9.17, 15) is 13.2 Å². The molecule has 8 heteroatoms. The Labute approximate surface area is 129 Å². The second-order valence-corrected chi connectivity index (χ2v) is 7.13. The third-order valence-electron chi connectivity index (χ3n) is 3.04. The topological polar surface area (TPSA) is 89.7 Å². The predicted octanol–water partition coefficient (Wildman–Crippen LogP) is 1.80. The van der Waals surface area contributed by atoms with Crippen LogP contribution in [0, 0.1) is 6.92 Å². The van der Waals surface area contributed by atoms with Gasteiger partial charge in [-0.3, -0.25) is 4.79 Å². The van der Waals surface area contributed by atoms with Crippen molar-refractivity contribution in [3.05, 3.63) is 22.7 Å². The van der Waals surface area contributed by atoms with Crippen molar-refractivity contribution in [1.29, 1.82) is 0 Å². The van der Waals surface area contributed by atoms with Gasteiger partial charge in [0.05, 0.1) is 12.0 Å². The molecule has 0 amide bonds. The number of carbonyl (C=O) groups is 1. The summed E-state index contributed by atoms with van der Waals surface area (Å²) in [6.45, 7) is 4.56. The molecule has 1 rings (SSSR count). The first-order chi connectivity index (χ1) is 9.61. The molecule has 21 heavy (non-hydrogen) atoms. The van der Waals surface area contributed by atoms with Crippen LogP contribution in [-0.4, -0.2) is 38.4 Å². The maximum Gasteiger partial charge on any atom is 0.321 e. The Hall–Kier alpha value is -1.31. The SMILES string of the molecule is COC(=O)CN(C(C)C)S(=O)(=O)c1cc(Cl)cc(N)c1C. The van der Waals surface area contributed by atoms with Crippen LogP contribution in [-0.2, 0) is 19.6 Å². The van der Waals surface area contributed by atoms with E-state index in [4.69, 9.17) is 17.3 Å². The fraction of sp³-hybridized carbons (Fsp3) is 0.462. The van der Waals surface area contributed by atoms with Gasteiger partial charge in [-0.25, -0.2) is 8.42 Å². The molecule has 1 aromatic carbocycles. The molecule has 0 radical (unpaired) electrons. The van der Waals surface area contributed by atoms with Gasteiger partial charge in [-0.2, -0.15) is 4.31 Å². The number of nitrogen functional groups attached to an aromatic ring is 1. The Morgan fingerprint density at radius 3 is 2.48 bits per heavy atom. The zero-order valence-corrected chi connectivity index (χ0v) is 14.0. The maximum absolute atomic E-state index is 12.8. The zero-order chi connectivity index (χ0) is 16.4. The molecule has 0 spiro atoms. The Morgan fingerprint density at radius 2 is 2.00 bits per heavy atom. The number of nitrogens with two attached hydrogens (primary N) is 1. The molecule has 0 unspecified atom stereocenters. The van der Waals surface area contributed by atoms with Gasteiger partial charge in [-0.1, -0.05) is 11.6 Å². The number of halogens is 1. The summed E-state index contributed by atoms with van der Waals surface area (Å²) in [5.41, 5.74) is 6.44. The highest BCUT2D eigenvalue weighted by Gasteiger charge is 2.31. The van der Waals surface area contributed by atoms with Gasteiger partial charge in [0.25, 0.3) is 0 Å². The smallest absolute Gasteiger partial charge is 0.321 e. The molecule has 0 aromatic heterocycles. The number of hydrogen-bond donors (Lipinski definition) is 1. The lowest BCUT2D eigenvalue weighted by Gasteiger charge is -2.25. The van der Waals surface area contributed by atoms with Crippen molar-refractivity contribution in [2.45, 2.75) is 31.7 Å². The largest absolute Gasteiger partial charge is 0.468 e. The van der Waals surface area contributed by atoms with Crippen LogP contribution in [0.4, 0.5) is 5.69 Å². The van der Waals surface area contributed by atoms with Crippen LogP contribution in [0.15, 0.2) is 17.0 Å². The normalized spacial score (nSPS) is 12.0. The first-order valence-corrected chi connectivity index (χ1v) is 8.07. The minimum atomic E-state index is -3.91. The van der Waals surface area contributed by atoms with Gasteiger partial charge in [0.1, 0.15) is 6.54 Å². The van der Waals surface area contributed by atoms with Crippen LogP contribution in [0.3, 0.4) is 0 Å². The van der Waals surface area contributed by atoms with E-state index in [0.717, 1.165) is 4.31 Å².